The zero-order valence-electron chi connectivity index (χ0n) is 17.8. The third kappa shape index (κ3) is 14.2. The van der Waals surface area contributed by atoms with Gasteiger partial charge in [-0.25, -0.2) is 4.18 Å². The maximum absolute atomic E-state index is 11.8. The molecule has 0 aliphatic carbocycles. The molecule has 1 rings (SSSR count). The highest BCUT2D eigenvalue weighted by atomic mass is 32.3. The minimum Gasteiger partial charge on any atom is -0.426 e. The molecule has 1 N–H and O–H groups in total. The van der Waals surface area contributed by atoms with E-state index >= 15 is 0 Å². The fourth-order valence-electron chi connectivity index (χ4n) is 3.19. The van der Waals surface area contributed by atoms with Crippen LogP contribution in [-0.4, -0.2) is 25.0 Å². The number of esters is 1. The van der Waals surface area contributed by atoms with Gasteiger partial charge in [-0.2, -0.15) is 8.42 Å². The number of hydrogen-bond acceptors (Lipinski definition) is 5. The van der Waals surface area contributed by atoms with Crippen LogP contribution in [0, 0.1) is 0 Å². The van der Waals surface area contributed by atoms with E-state index in [0.29, 0.717) is 5.75 Å². The number of ether oxygens (including phenoxy) is 1. The van der Waals surface area contributed by atoms with Crippen molar-refractivity contribution >= 4 is 16.4 Å². The minimum atomic E-state index is -4.58. The zero-order valence-corrected chi connectivity index (χ0v) is 18.6. The number of carbonyl (C=O) groups excluding carboxylic acids is 1. The third-order valence-electron chi connectivity index (χ3n) is 4.71. The van der Waals surface area contributed by atoms with E-state index in [1.54, 1.807) is 12.1 Å². The molecule has 6 nitrogen and oxygen atoms in total. The number of aryl methyl sites for hydroxylation is 1. The summed E-state index contributed by atoms with van der Waals surface area (Å²) < 4.78 is 39.3. The van der Waals surface area contributed by atoms with Gasteiger partial charge in [-0.15, -0.1) is 0 Å². The van der Waals surface area contributed by atoms with E-state index < -0.39 is 22.5 Å². The fourth-order valence-corrected chi connectivity index (χ4v) is 3.67. The van der Waals surface area contributed by atoms with Crippen molar-refractivity contribution in [2.24, 2.45) is 0 Å². The normalized spacial score (nSPS) is 12.7. The molecule has 29 heavy (non-hydrogen) atoms. The summed E-state index contributed by atoms with van der Waals surface area (Å²) in [6.45, 7) is 3.61. The first kappa shape index (κ1) is 25.6. The lowest BCUT2D eigenvalue weighted by Crippen LogP contribution is -2.21. The van der Waals surface area contributed by atoms with Crippen molar-refractivity contribution in [1.29, 1.82) is 0 Å². The molecule has 0 amide bonds. The summed E-state index contributed by atoms with van der Waals surface area (Å²) in [4.78, 5) is 11.8. The van der Waals surface area contributed by atoms with Crippen molar-refractivity contribution in [3.05, 3.63) is 29.8 Å². The van der Waals surface area contributed by atoms with Gasteiger partial charge < -0.3 is 4.74 Å². The zero-order chi connectivity index (χ0) is 21.5. The molecule has 0 saturated heterocycles. The van der Waals surface area contributed by atoms with Gasteiger partial charge in [0.2, 0.25) is 0 Å². The number of unbranched alkanes of at least 4 members (excludes halogenated alkanes) is 9. The van der Waals surface area contributed by atoms with E-state index in [9.17, 15) is 13.2 Å². The Morgan fingerprint density at radius 1 is 0.931 bits per heavy atom. The predicted octanol–water partition coefficient (Wildman–Crippen LogP) is 5.65. The number of hydrogen-bond donors (Lipinski definition) is 1. The maximum Gasteiger partial charge on any atom is 0.397 e. The van der Waals surface area contributed by atoms with Crippen LogP contribution in [-0.2, 0) is 25.8 Å². The molecule has 0 aliphatic rings. The average Bonchev–Trinajstić information content (AvgIpc) is 2.63. The molecular weight excluding hydrogens is 392 g/mol. The Morgan fingerprint density at radius 2 is 1.45 bits per heavy atom. The smallest absolute Gasteiger partial charge is 0.397 e. The molecule has 0 saturated carbocycles. The predicted molar refractivity (Wildman–Crippen MR) is 114 cm³/mol. The van der Waals surface area contributed by atoms with Gasteiger partial charge in [0.1, 0.15) is 5.75 Å². The summed E-state index contributed by atoms with van der Waals surface area (Å²) in [7, 11) is -4.58. The summed E-state index contributed by atoms with van der Waals surface area (Å²) >= 11 is 0. The molecule has 0 heterocycles. The van der Waals surface area contributed by atoms with Crippen LogP contribution in [0.4, 0.5) is 0 Å². The van der Waals surface area contributed by atoms with Gasteiger partial charge in [0.05, 0.1) is 12.5 Å². The second-order valence-electron chi connectivity index (χ2n) is 7.59. The van der Waals surface area contributed by atoms with Crippen LogP contribution in [0.15, 0.2) is 24.3 Å². The summed E-state index contributed by atoms with van der Waals surface area (Å²) in [5, 5.41) is 0. The molecule has 0 spiro atoms. The lowest BCUT2D eigenvalue weighted by molar-refractivity contribution is -0.135. The molecule has 1 atom stereocenters. The van der Waals surface area contributed by atoms with Gasteiger partial charge in [-0.05, 0) is 37.5 Å². The van der Waals surface area contributed by atoms with Crippen molar-refractivity contribution in [1.82, 2.24) is 0 Å². The van der Waals surface area contributed by atoms with Gasteiger partial charge in [-0.3, -0.25) is 9.35 Å². The van der Waals surface area contributed by atoms with Crippen LogP contribution in [0.3, 0.4) is 0 Å². The Balaban J connectivity index is 2.16. The van der Waals surface area contributed by atoms with Gasteiger partial charge in [-0.1, -0.05) is 76.8 Å². The molecule has 1 unspecified atom stereocenters. The summed E-state index contributed by atoms with van der Waals surface area (Å²) in [5.41, 5.74) is 1.20. The Labute approximate surface area is 175 Å². The molecule has 166 valence electrons. The van der Waals surface area contributed by atoms with Gasteiger partial charge >= 0.3 is 16.4 Å². The highest BCUT2D eigenvalue weighted by Crippen LogP contribution is 2.17. The monoisotopic (exact) mass is 428 g/mol. The Kier molecular flexibility index (Phi) is 12.8. The quantitative estimate of drug-likeness (QED) is 0.158. The van der Waals surface area contributed by atoms with E-state index in [0.717, 1.165) is 12.8 Å². The molecule has 0 bridgehead atoms. The highest BCUT2D eigenvalue weighted by molar-refractivity contribution is 7.80. The van der Waals surface area contributed by atoms with E-state index in [1.807, 2.05) is 12.1 Å². The van der Waals surface area contributed by atoms with Crippen LogP contribution in [0.1, 0.15) is 90.0 Å². The van der Waals surface area contributed by atoms with Crippen molar-refractivity contribution in [3.63, 3.8) is 0 Å². The lowest BCUT2D eigenvalue weighted by Gasteiger charge is -2.10. The molecule has 0 aliphatic heterocycles. The first-order valence-corrected chi connectivity index (χ1v) is 12.1. The SMILES string of the molecule is CCCCCCCCCCCCc1ccc(OC(=O)CC(C)OS(=O)(=O)O)cc1. The third-order valence-corrected chi connectivity index (χ3v) is 5.29. The van der Waals surface area contributed by atoms with Gasteiger partial charge in [0, 0.05) is 0 Å². The second-order valence-corrected chi connectivity index (χ2v) is 8.64. The summed E-state index contributed by atoms with van der Waals surface area (Å²) in [6, 6.07) is 7.35. The summed E-state index contributed by atoms with van der Waals surface area (Å²) in [5.74, 6) is -0.218. The topological polar surface area (TPSA) is 89.9 Å². The first-order chi connectivity index (χ1) is 13.8. The van der Waals surface area contributed by atoms with Gasteiger partial charge in [0.25, 0.3) is 0 Å². The van der Waals surface area contributed by atoms with Crippen molar-refractivity contribution in [2.75, 3.05) is 0 Å². The van der Waals surface area contributed by atoms with Crippen LogP contribution >= 0.6 is 0 Å². The first-order valence-electron chi connectivity index (χ1n) is 10.8. The Bertz CT molecular complexity index is 669. The number of rotatable bonds is 16. The Hall–Kier alpha value is -1.44. The molecule has 0 radical (unpaired) electrons. The second kappa shape index (κ2) is 14.5. The van der Waals surface area contributed by atoms with E-state index in [2.05, 4.69) is 11.1 Å². The summed E-state index contributed by atoms with van der Waals surface area (Å²) in [6.07, 6.45) is 12.8. The maximum atomic E-state index is 11.8. The van der Waals surface area contributed by atoms with Crippen LogP contribution < -0.4 is 4.74 Å². The van der Waals surface area contributed by atoms with E-state index in [1.165, 1.54) is 70.3 Å². The molecule has 1 aromatic carbocycles. The molecule has 1 aromatic rings. The Morgan fingerprint density at radius 3 is 1.97 bits per heavy atom. The lowest BCUT2D eigenvalue weighted by atomic mass is 10.0. The van der Waals surface area contributed by atoms with Crippen LogP contribution in [0.25, 0.3) is 0 Å². The average molecular weight is 429 g/mol. The molecule has 0 aromatic heterocycles. The van der Waals surface area contributed by atoms with Crippen molar-refractivity contribution in [3.8, 4) is 5.75 Å². The van der Waals surface area contributed by atoms with Crippen LogP contribution in [0.2, 0.25) is 0 Å². The molecular formula is C22H36O6S. The van der Waals surface area contributed by atoms with Crippen LogP contribution in [0.5, 0.6) is 5.75 Å². The van der Waals surface area contributed by atoms with Crippen molar-refractivity contribution < 1.29 is 26.7 Å². The van der Waals surface area contributed by atoms with E-state index in [-0.39, 0.29) is 6.42 Å². The van der Waals surface area contributed by atoms with Crippen molar-refractivity contribution in [2.45, 2.75) is 97.0 Å². The van der Waals surface area contributed by atoms with Gasteiger partial charge in [0.15, 0.2) is 0 Å². The largest absolute Gasteiger partial charge is 0.426 e. The fraction of sp³-hybridized carbons (Fsp3) is 0.682. The number of carbonyl (C=O) groups is 1. The molecule has 7 heteroatoms. The highest BCUT2D eigenvalue weighted by Gasteiger charge is 2.17. The molecule has 0 fully saturated rings. The standard InChI is InChI=1S/C22H36O6S/c1-3-4-5-6-7-8-9-10-11-12-13-20-14-16-21(17-15-20)27-22(23)18-19(2)28-29(24,25)26/h14-17,19H,3-13,18H2,1-2H3,(H,24,25,26). The number of benzene rings is 1. The van der Waals surface area contributed by atoms with E-state index in [4.69, 9.17) is 9.29 Å². The minimum absolute atomic E-state index is 0.278.